The lowest BCUT2D eigenvalue weighted by Crippen LogP contribution is -2.30. The number of nitrogens with one attached hydrogen (secondary N) is 1. The molecule has 0 aliphatic carbocycles. The lowest BCUT2D eigenvalue weighted by Gasteiger charge is -2.19. The van der Waals surface area contributed by atoms with Gasteiger partial charge in [-0.15, -0.1) is 5.10 Å². The molecule has 6 heteroatoms. The fraction of sp³-hybridized carbons (Fsp3) is 0.556. The van der Waals surface area contributed by atoms with Crippen LogP contribution < -0.4 is 11.1 Å². The molecule has 24 heavy (non-hydrogen) atoms. The molecule has 2 heterocycles. The van der Waals surface area contributed by atoms with Crippen LogP contribution in [0.3, 0.4) is 0 Å². The van der Waals surface area contributed by atoms with Crippen LogP contribution in [0.2, 0.25) is 0 Å². The summed E-state index contributed by atoms with van der Waals surface area (Å²) < 4.78 is 5.65. The van der Waals surface area contributed by atoms with E-state index in [0.717, 1.165) is 13.1 Å². The predicted molar refractivity (Wildman–Crippen MR) is 94.8 cm³/mol. The average Bonchev–Trinajstić information content (AvgIpc) is 2.92. The zero-order valence-electron chi connectivity index (χ0n) is 14.2. The first-order valence-electron chi connectivity index (χ1n) is 8.90. The fourth-order valence-corrected chi connectivity index (χ4v) is 3.09. The summed E-state index contributed by atoms with van der Waals surface area (Å²) in [5, 5.41) is 11.3. The number of hydrogen-bond acceptors (Lipinski definition) is 6. The first kappa shape index (κ1) is 16.9. The van der Waals surface area contributed by atoms with Gasteiger partial charge in [-0.05, 0) is 37.9 Å². The minimum atomic E-state index is -0.277. The molecule has 6 nitrogen and oxygen atoms in total. The quantitative estimate of drug-likeness (QED) is 0.813. The topological polar surface area (TPSA) is 80.2 Å². The van der Waals surface area contributed by atoms with Crippen molar-refractivity contribution in [2.75, 3.05) is 31.5 Å². The molecule has 1 aromatic carbocycles. The number of anilines is 1. The van der Waals surface area contributed by atoms with Gasteiger partial charge in [0.1, 0.15) is 0 Å². The highest BCUT2D eigenvalue weighted by Crippen LogP contribution is 2.16. The summed E-state index contributed by atoms with van der Waals surface area (Å²) in [6.45, 7) is 4.21. The molecule has 3 N–H and O–H groups in total. The molecule has 0 unspecified atom stereocenters. The van der Waals surface area contributed by atoms with E-state index in [4.69, 9.17) is 10.2 Å². The largest absolute Gasteiger partial charge is 0.406 e. The smallest absolute Gasteiger partial charge is 0.315 e. The molecule has 1 atom stereocenters. The van der Waals surface area contributed by atoms with Crippen LogP contribution in [0.25, 0.3) is 0 Å². The van der Waals surface area contributed by atoms with Gasteiger partial charge in [0.25, 0.3) is 0 Å². The zero-order chi connectivity index (χ0) is 16.6. The Morgan fingerprint density at radius 2 is 1.83 bits per heavy atom. The Morgan fingerprint density at radius 3 is 2.58 bits per heavy atom. The maximum atomic E-state index is 6.17. The summed E-state index contributed by atoms with van der Waals surface area (Å²) in [4.78, 5) is 2.50. The molecular weight excluding hydrogens is 302 g/mol. The van der Waals surface area contributed by atoms with Gasteiger partial charge < -0.3 is 20.4 Å². The second kappa shape index (κ2) is 8.80. The third kappa shape index (κ3) is 5.04. The lowest BCUT2D eigenvalue weighted by atomic mass is 10.1. The highest BCUT2D eigenvalue weighted by atomic mass is 16.4. The highest BCUT2D eigenvalue weighted by molar-refractivity contribution is 5.19. The summed E-state index contributed by atoms with van der Waals surface area (Å²) in [7, 11) is 0. The molecule has 0 amide bonds. The first-order chi connectivity index (χ1) is 11.8. The molecule has 1 fully saturated rings. The number of hydrogen-bond donors (Lipinski definition) is 2. The summed E-state index contributed by atoms with van der Waals surface area (Å²) in [6, 6.07) is 10.3. The van der Waals surface area contributed by atoms with Gasteiger partial charge >= 0.3 is 6.01 Å². The molecule has 1 saturated heterocycles. The van der Waals surface area contributed by atoms with Gasteiger partial charge in [0.2, 0.25) is 5.89 Å². The van der Waals surface area contributed by atoms with E-state index in [0.29, 0.717) is 18.3 Å². The fourth-order valence-electron chi connectivity index (χ4n) is 3.09. The van der Waals surface area contributed by atoms with Crippen LogP contribution in [0.15, 0.2) is 34.7 Å². The Morgan fingerprint density at radius 1 is 1.08 bits per heavy atom. The standard InChI is InChI=1S/C18H27N5O/c19-16(14-15-8-4-3-5-9-15)17-21-22-18(24-17)20-10-13-23-11-6-1-2-7-12-23/h3-5,8-9,16H,1-2,6-7,10-14,19H2,(H,20,22)/t16-/m1/s1. The Labute approximate surface area is 143 Å². The van der Waals surface area contributed by atoms with Crippen molar-refractivity contribution < 1.29 is 4.42 Å². The van der Waals surface area contributed by atoms with Gasteiger partial charge in [0.05, 0.1) is 6.04 Å². The molecule has 2 aromatic rings. The van der Waals surface area contributed by atoms with Crippen molar-refractivity contribution in [3.63, 3.8) is 0 Å². The molecule has 0 spiro atoms. The van der Waals surface area contributed by atoms with E-state index in [-0.39, 0.29) is 6.04 Å². The number of likely N-dealkylation sites (tertiary alicyclic amines) is 1. The van der Waals surface area contributed by atoms with Gasteiger partial charge in [-0.25, -0.2) is 0 Å². The van der Waals surface area contributed by atoms with Crippen molar-refractivity contribution in [1.82, 2.24) is 15.1 Å². The summed E-state index contributed by atoms with van der Waals surface area (Å²) in [5.74, 6) is 0.483. The van der Waals surface area contributed by atoms with Crippen LogP contribution in [0.4, 0.5) is 6.01 Å². The number of nitrogens with two attached hydrogens (primary N) is 1. The van der Waals surface area contributed by atoms with Crippen LogP contribution >= 0.6 is 0 Å². The van der Waals surface area contributed by atoms with E-state index in [1.165, 1.54) is 44.3 Å². The molecule has 3 rings (SSSR count). The summed E-state index contributed by atoms with van der Waals surface area (Å²) in [5.41, 5.74) is 7.34. The minimum Gasteiger partial charge on any atom is -0.406 e. The molecule has 130 valence electrons. The van der Waals surface area contributed by atoms with Crippen molar-refractivity contribution in [2.45, 2.75) is 38.1 Å². The minimum absolute atomic E-state index is 0.277. The number of rotatable bonds is 7. The maximum Gasteiger partial charge on any atom is 0.315 e. The highest BCUT2D eigenvalue weighted by Gasteiger charge is 2.15. The molecule has 0 radical (unpaired) electrons. The van der Waals surface area contributed by atoms with Gasteiger partial charge in [-0.3, -0.25) is 0 Å². The van der Waals surface area contributed by atoms with Crippen molar-refractivity contribution >= 4 is 6.01 Å². The van der Waals surface area contributed by atoms with Gasteiger partial charge in [-0.2, -0.15) is 0 Å². The second-order valence-electron chi connectivity index (χ2n) is 6.42. The van der Waals surface area contributed by atoms with E-state index in [1.54, 1.807) is 0 Å². The van der Waals surface area contributed by atoms with Gasteiger partial charge in [-0.1, -0.05) is 48.3 Å². The van der Waals surface area contributed by atoms with E-state index in [1.807, 2.05) is 18.2 Å². The third-order valence-corrected chi connectivity index (χ3v) is 4.46. The van der Waals surface area contributed by atoms with Crippen LogP contribution in [-0.2, 0) is 6.42 Å². The van der Waals surface area contributed by atoms with Crippen LogP contribution in [0, 0.1) is 0 Å². The van der Waals surface area contributed by atoms with Crippen molar-refractivity contribution in [2.24, 2.45) is 5.73 Å². The Balaban J connectivity index is 1.44. The van der Waals surface area contributed by atoms with Crippen LogP contribution in [-0.4, -0.2) is 41.3 Å². The Hall–Kier alpha value is -1.92. The zero-order valence-corrected chi connectivity index (χ0v) is 14.2. The van der Waals surface area contributed by atoms with E-state index >= 15 is 0 Å². The van der Waals surface area contributed by atoms with E-state index < -0.39 is 0 Å². The monoisotopic (exact) mass is 329 g/mol. The SMILES string of the molecule is N[C@H](Cc1ccccc1)c1nnc(NCCN2CCCCCC2)o1. The first-order valence-corrected chi connectivity index (χ1v) is 8.90. The Kier molecular flexibility index (Phi) is 6.20. The lowest BCUT2D eigenvalue weighted by molar-refractivity contribution is 0.295. The molecule has 1 aromatic heterocycles. The van der Waals surface area contributed by atoms with Crippen molar-refractivity contribution in [3.05, 3.63) is 41.8 Å². The Bertz CT molecular complexity index is 592. The number of aromatic nitrogens is 2. The molecule has 0 saturated carbocycles. The van der Waals surface area contributed by atoms with Crippen LogP contribution in [0.5, 0.6) is 0 Å². The second-order valence-corrected chi connectivity index (χ2v) is 6.42. The average molecular weight is 329 g/mol. The summed E-state index contributed by atoms with van der Waals surface area (Å²) >= 11 is 0. The number of benzene rings is 1. The van der Waals surface area contributed by atoms with Gasteiger partial charge in [0.15, 0.2) is 0 Å². The predicted octanol–water partition coefficient (Wildman–Crippen LogP) is 2.60. The molecule has 1 aliphatic rings. The molecule has 1 aliphatic heterocycles. The number of nitrogens with zero attached hydrogens (tertiary/aromatic N) is 3. The van der Waals surface area contributed by atoms with Gasteiger partial charge in [0, 0.05) is 13.1 Å². The van der Waals surface area contributed by atoms with Crippen molar-refractivity contribution in [1.29, 1.82) is 0 Å². The van der Waals surface area contributed by atoms with E-state index in [9.17, 15) is 0 Å². The van der Waals surface area contributed by atoms with E-state index in [2.05, 4.69) is 32.5 Å². The van der Waals surface area contributed by atoms with Crippen molar-refractivity contribution in [3.8, 4) is 0 Å². The van der Waals surface area contributed by atoms with Crippen LogP contribution in [0.1, 0.15) is 43.2 Å². The molecular formula is C18H27N5O. The maximum absolute atomic E-state index is 6.17. The third-order valence-electron chi connectivity index (χ3n) is 4.46. The molecule has 0 bridgehead atoms. The summed E-state index contributed by atoms with van der Waals surface area (Å²) in [6.07, 6.45) is 6.01. The normalized spacial score (nSPS) is 17.4.